The van der Waals surface area contributed by atoms with Gasteiger partial charge in [0.1, 0.15) is 0 Å². The molecule has 0 fully saturated rings. The van der Waals surface area contributed by atoms with Gasteiger partial charge in [-0.15, -0.1) is 0 Å². The van der Waals surface area contributed by atoms with Crippen molar-refractivity contribution in [3.63, 3.8) is 0 Å². The van der Waals surface area contributed by atoms with Gasteiger partial charge in [0.2, 0.25) is 0 Å². The maximum absolute atomic E-state index is 12.0. The number of ether oxygens (including phenoxy) is 1. The minimum absolute atomic E-state index is 0.204. The predicted octanol–water partition coefficient (Wildman–Crippen LogP) is 4.46. The van der Waals surface area contributed by atoms with E-state index in [2.05, 4.69) is 32.6 Å². The largest absolute Gasteiger partial charge is 0.432 e. The Labute approximate surface area is 116 Å². The Kier molecular flexibility index (Phi) is 5.81. The van der Waals surface area contributed by atoms with Gasteiger partial charge in [0.15, 0.2) is 0 Å². The minimum Gasteiger partial charge on any atom is -0.432 e. The van der Waals surface area contributed by atoms with Crippen molar-refractivity contribution in [1.82, 2.24) is 0 Å². The lowest BCUT2D eigenvalue weighted by molar-refractivity contribution is -0.141. The fourth-order valence-electron chi connectivity index (χ4n) is 2.14. The number of rotatable bonds is 6. The van der Waals surface area contributed by atoms with Crippen LogP contribution >= 0.6 is 0 Å². The summed E-state index contributed by atoms with van der Waals surface area (Å²) < 4.78 is 5.12. The van der Waals surface area contributed by atoms with Crippen molar-refractivity contribution in [3.8, 4) is 0 Å². The van der Waals surface area contributed by atoms with Crippen LogP contribution in [0.15, 0.2) is 36.6 Å². The van der Waals surface area contributed by atoms with E-state index in [-0.39, 0.29) is 11.9 Å². The molecule has 0 saturated heterocycles. The van der Waals surface area contributed by atoms with Gasteiger partial charge in [0, 0.05) is 0 Å². The van der Waals surface area contributed by atoms with Gasteiger partial charge in [0.25, 0.3) is 0 Å². The molecule has 1 atom stereocenters. The van der Waals surface area contributed by atoms with Crippen LogP contribution in [0.5, 0.6) is 0 Å². The van der Waals surface area contributed by atoms with Gasteiger partial charge in [-0.2, -0.15) is 0 Å². The van der Waals surface area contributed by atoms with Crippen LogP contribution in [0.1, 0.15) is 51.2 Å². The molecule has 1 unspecified atom stereocenters. The van der Waals surface area contributed by atoms with Gasteiger partial charge in [-0.1, -0.05) is 51.6 Å². The van der Waals surface area contributed by atoms with Gasteiger partial charge in [0.05, 0.1) is 11.7 Å². The normalized spacial score (nSPS) is 12.3. The lowest BCUT2D eigenvalue weighted by Gasteiger charge is -2.15. The van der Waals surface area contributed by atoms with Crippen LogP contribution in [-0.2, 0) is 16.0 Å². The van der Waals surface area contributed by atoms with Crippen molar-refractivity contribution in [3.05, 3.63) is 47.7 Å². The topological polar surface area (TPSA) is 26.3 Å². The van der Waals surface area contributed by atoms with Gasteiger partial charge >= 0.3 is 5.97 Å². The zero-order valence-electron chi connectivity index (χ0n) is 12.4. The van der Waals surface area contributed by atoms with Crippen LogP contribution < -0.4 is 0 Å². The summed E-state index contributed by atoms with van der Waals surface area (Å²) in [4.78, 5) is 12.0. The molecule has 0 aliphatic rings. The molecule has 1 aromatic rings. The standard InChI is InChI=1S/C17H24O2/c1-6-16(17(18)19-13(4)5)15-9-7-14(8-10-15)11-12(2)3/h7-10,12,16H,4,6,11H2,1-3,5H3. The predicted molar refractivity (Wildman–Crippen MR) is 78.9 cm³/mol. The molecular formula is C17H24O2. The fourth-order valence-corrected chi connectivity index (χ4v) is 2.14. The summed E-state index contributed by atoms with van der Waals surface area (Å²) in [6, 6.07) is 8.27. The highest BCUT2D eigenvalue weighted by Crippen LogP contribution is 2.23. The molecular weight excluding hydrogens is 236 g/mol. The van der Waals surface area contributed by atoms with Gasteiger partial charge in [-0.25, -0.2) is 0 Å². The van der Waals surface area contributed by atoms with E-state index in [9.17, 15) is 4.79 Å². The first-order valence-electron chi connectivity index (χ1n) is 6.90. The first-order valence-corrected chi connectivity index (χ1v) is 6.90. The molecule has 2 heteroatoms. The monoisotopic (exact) mass is 260 g/mol. The first kappa shape index (κ1) is 15.5. The maximum Gasteiger partial charge on any atom is 0.318 e. The van der Waals surface area contributed by atoms with E-state index in [4.69, 9.17) is 4.74 Å². The average molecular weight is 260 g/mol. The number of allylic oxidation sites excluding steroid dienone is 1. The quantitative estimate of drug-likeness (QED) is 0.557. The lowest BCUT2D eigenvalue weighted by Crippen LogP contribution is -2.14. The van der Waals surface area contributed by atoms with Crippen LogP contribution in [0, 0.1) is 5.92 Å². The highest BCUT2D eigenvalue weighted by molar-refractivity contribution is 5.78. The molecule has 0 saturated carbocycles. The molecule has 0 radical (unpaired) electrons. The third-order valence-corrected chi connectivity index (χ3v) is 2.99. The Bertz CT molecular complexity index is 429. The SMILES string of the molecule is C=C(C)OC(=O)C(CC)c1ccc(CC(C)C)cc1. The second kappa shape index (κ2) is 7.13. The van der Waals surface area contributed by atoms with Crippen LogP contribution in [0.4, 0.5) is 0 Å². The van der Waals surface area contributed by atoms with E-state index < -0.39 is 0 Å². The number of carbonyl (C=O) groups excluding carboxylic acids is 1. The van der Waals surface area contributed by atoms with Crippen LogP contribution in [0.25, 0.3) is 0 Å². The van der Waals surface area contributed by atoms with E-state index >= 15 is 0 Å². The molecule has 0 aromatic heterocycles. The maximum atomic E-state index is 12.0. The van der Waals surface area contributed by atoms with Crippen molar-refractivity contribution in [2.75, 3.05) is 0 Å². The van der Waals surface area contributed by atoms with Crippen LogP contribution in [0.3, 0.4) is 0 Å². The Morgan fingerprint density at radius 3 is 2.26 bits per heavy atom. The van der Waals surface area contributed by atoms with E-state index in [1.807, 2.05) is 19.1 Å². The number of esters is 1. The zero-order chi connectivity index (χ0) is 14.4. The number of benzene rings is 1. The summed E-state index contributed by atoms with van der Waals surface area (Å²) in [6.45, 7) is 11.7. The summed E-state index contributed by atoms with van der Waals surface area (Å²) in [5.41, 5.74) is 2.32. The lowest BCUT2D eigenvalue weighted by atomic mass is 9.94. The smallest absolute Gasteiger partial charge is 0.318 e. The summed E-state index contributed by atoms with van der Waals surface area (Å²) in [5, 5.41) is 0. The van der Waals surface area contributed by atoms with E-state index in [0.29, 0.717) is 11.7 Å². The van der Waals surface area contributed by atoms with Crippen molar-refractivity contribution >= 4 is 5.97 Å². The molecule has 1 rings (SSSR count). The molecule has 0 bridgehead atoms. The molecule has 0 N–H and O–H groups in total. The Morgan fingerprint density at radius 2 is 1.84 bits per heavy atom. The number of hydrogen-bond donors (Lipinski definition) is 0. The van der Waals surface area contributed by atoms with Gasteiger partial charge < -0.3 is 4.74 Å². The summed E-state index contributed by atoms with van der Waals surface area (Å²) in [5.74, 6) is 0.664. The minimum atomic E-state index is -0.216. The molecule has 104 valence electrons. The number of carbonyl (C=O) groups is 1. The Balaban J connectivity index is 2.81. The molecule has 0 aliphatic carbocycles. The molecule has 19 heavy (non-hydrogen) atoms. The van der Waals surface area contributed by atoms with Crippen molar-refractivity contribution in [1.29, 1.82) is 0 Å². The van der Waals surface area contributed by atoms with E-state index in [1.54, 1.807) is 6.92 Å². The van der Waals surface area contributed by atoms with E-state index in [1.165, 1.54) is 5.56 Å². The third kappa shape index (κ3) is 4.90. The summed E-state index contributed by atoms with van der Waals surface area (Å²) in [7, 11) is 0. The highest BCUT2D eigenvalue weighted by Gasteiger charge is 2.20. The average Bonchev–Trinajstić information content (AvgIpc) is 2.30. The van der Waals surface area contributed by atoms with Crippen molar-refractivity contribution in [2.45, 2.75) is 46.5 Å². The summed E-state index contributed by atoms with van der Waals surface area (Å²) >= 11 is 0. The molecule has 0 heterocycles. The highest BCUT2D eigenvalue weighted by atomic mass is 16.5. The van der Waals surface area contributed by atoms with Crippen molar-refractivity contribution in [2.24, 2.45) is 5.92 Å². The summed E-state index contributed by atoms with van der Waals surface area (Å²) in [6.07, 6.45) is 1.79. The molecule has 0 spiro atoms. The van der Waals surface area contributed by atoms with E-state index in [0.717, 1.165) is 18.4 Å². The third-order valence-electron chi connectivity index (χ3n) is 2.99. The second-order valence-corrected chi connectivity index (χ2v) is 5.42. The van der Waals surface area contributed by atoms with Gasteiger partial charge in [-0.05, 0) is 36.8 Å². The Hall–Kier alpha value is -1.57. The molecule has 1 aromatic carbocycles. The van der Waals surface area contributed by atoms with Crippen molar-refractivity contribution < 1.29 is 9.53 Å². The fraction of sp³-hybridized carbons (Fsp3) is 0.471. The molecule has 0 amide bonds. The number of hydrogen-bond acceptors (Lipinski definition) is 2. The molecule has 0 aliphatic heterocycles. The van der Waals surface area contributed by atoms with Crippen LogP contribution in [-0.4, -0.2) is 5.97 Å². The van der Waals surface area contributed by atoms with Crippen LogP contribution in [0.2, 0.25) is 0 Å². The van der Waals surface area contributed by atoms with Gasteiger partial charge in [-0.3, -0.25) is 4.79 Å². The molecule has 2 nitrogen and oxygen atoms in total. The Morgan fingerprint density at radius 1 is 1.26 bits per heavy atom. The zero-order valence-corrected chi connectivity index (χ0v) is 12.4. The second-order valence-electron chi connectivity index (χ2n) is 5.42. The first-order chi connectivity index (χ1) is 8.93.